The normalized spacial score (nSPS) is 11.5. The van der Waals surface area contributed by atoms with Crippen LogP contribution in [-0.4, -0.2) is 37.0 Å². The Morgan fingerprint density at radius 3 is 2.32 bits per heavy atom. The molecule has 0 saturated carbocycles. The number of carbonyl (C=O) groups excluding carboxylic acids is 2. The second kappa shape index (κ2) is 8.42. The molecule has 0 aliphatic heterocycles. The molecule has 0 aliphatic rings. The SMILES string of the molecule is C[C@H](OC(=O)c1cc([N+](=O)[O-])ccc1N(C)C)C(=O)Nc1c(F)cccc1F. The van der Waals surface area contributed by atoms with Crippen molar-refractivity contribution in [3.63, 3.8) is 0 Å². The first-order valence-electron chi connectivity index (χ1n) is 8.03. The number of nitrogens with one attached hydrogen (secondary N) is 1. The zero-order valence-electron chi connectivity index (χ0n) is 15.2. The van der Waals surface area contributed by atoms with Crippen molar-refractivity contribution in [3.05, 3.63) is 63.7 Å². The van der Waals surface area contributed by atoms with Crippen molar-refractivity contribution in [1.29, 1.82) is 0 Å². The maximum Gasteiger partial charge on any atom is 0.341 e. The highest BCUT2D eigenvalue weighted by Crippen LogP contribution is 2.25. The molecule has 0 fully saturated rings. The van der Waals surface area contributed by atoms with Crippen molar-refractivity contribution in [2.45, 2.75) is 13.0 Å². The lowest BCUT2D eigenvalue weighted by molar-refractivity contribution is -0.384. The summed E-state index contributed by atoms with van der Waals surface area (Å²) in [7, 11) is 3.24. The fourth-order valence-corrected chi connectivity index (χ4v) is 2.31. The molecule has 0 radical (unpaired) electrons. The average Bonchev–Trinajstić information content (AvgIpc) is 2.63. The Morgan fingerprint density at radius 2 is 1.79 bits per heavy atom. The van der Waals surface area contributed by atoms with Crippen molar-refractivity contribution in [2.75, 3.05) is 24.3 Å². The van der Waals surface area contributed by atoms with Gasteiger partial charge in [0, 0.05) is 26.2 Å². The van der Waals surface area contributed by atoms with Gasteiger partial charge in [-0.05, 0) is 25.1 Å². The van der Waals surface area contributed by atoms with Gasteiger partial charge in [-0.25, -0.2) is 13.6 Å². The highest BCUT2D eigenvalue weighted by atomic mass is 19.1. The predicted molar refractivity (Wildman–Crippen MR) is 97.3 cm³/mol. The van der Waals surface area contributed by atoms with Gasteiger partial charge in [-0.15, -0.1) is 0 Å². The molecule has 1 atom stereocenters. The van der Waals surface area contributed by atoms with Crippen LogP contribution in [0.25, 0.3) is 0 Å². The lowest BCUT2D eigenvalue weighted by Gasteiger charge is -2.18. The molecule has 0 aliphatic carbocycles. The smallest absolute Gasteiger partial charge is 0.341 e. The topological polar surface area (TPSA) is 102 Å². The second-order valence-corrected chi connectivity index (χ2v) is 5.99. The van der Waals surface area contributed by atoms with Gasteiger partial charge < -0.3 is 15.0 Å². The standard InChI is InChI=1S/C18H17F2N3O5/c1-10(17(24)21-16-13(19)5-4-6-14(16)20)28-18(25)12-9-11(23(26)27)7-8-15(12)22(2)3/h4-10H,1-3H3,(H,21,24)/t10-/m0/s1. The Balaban J connectivity index is 2.21. The van der Waals surface area contributed by atoms with Gasteiger partial charge in [0.2, 0.25) is 0 Å². The Labute approximate surface area is 158 Å². The van der Waals surface area contributed by atoms with Crippen molar-refractivity contribution in [1.82, 2.24) is 0 Å². The monoisotopic (exact) mass is 393 g/mol. The lowest BCUT2D eigenvalue weighted by atomic mass is 10.1. The molecule has 1 amide bonds. The summed E-state index contributed by atoms with van der Waals surface area (Å²) in [6.45, 7) is 1.21. The Kier molecular flexibility index (Phi) is 6.24. The number of halogens is 2. The summed E-state index contributed by atoms with van der Waals surface area (Å²) in [6, 6.07) is 6.68. The van der Waals surface area contributed by atoms with Gasteiger partial charge in [0.25, 0.3) is 11.6 Å². The number of anilines is 2. The van der Waals surface area contributed by atoms with Crippen molar-refractivity contribution >= 4 is 28.9 Å². The highest BCUT2D eigenvalue weighted by Gasteiger charge is 2.25. The predicted octanol–water partition coefficient (Wildman–Crippen LogP) is 3.12. The molecule has 2 rings (SSSR count). The second-order valence-electron chi connectivity index (χ2n) is 5.99. The van der Waals surface area contributed by atoms with Gasteiger partial charge in [0.1, 0.15) is 17.3 Å². The van der Waals surface area contributed by atoms with E-state index >= 15 is 0 Å². The number of benzene rings is 2. The molecule has 0 unspecified atom stereocenters. The zero-order chi connectivity index (χ0) is 21.0. The third-order valence-corrected chi connectivity index (χ3v) is 3.76. The molecule has 0 saturated heterocycles. The first-order valence-corrected chi connectivity index (χ1v) is 8.03. The summed E-state index contributed by atoms with van der Waals surface area (Å²) in [5.74, 6) is -3.93. The minimum absolute atomic E-state index is 0.129. The minimum atomic E-state index is -1.42. The molecule has 2 aromatic rings. The van der Waals surface area contributed by atoms with E-state index in [2.05, 4.69) is 0 Å². The van der Waals surface area contributed by atoms with Crippen molar-refractivity contribution in [3.8, 4) is 0 Å². The van der Waals surface area contributed by atoms with Crippen LogP contribution in [0.5, 0.6) is 0 Å². The first kappa shape index (κ1) is 20.7. The van der Waals surface area contributed by atoms with Crippen LogP contribution in [0, 0.1) is 21.7 Å². The summed E-state index contributed by atoms with van der Waals surface area (Å²) >= 11 is 0. The molecular formula is C18H17F2N3O5. The van der Waals surface area contributed by atoms with Gasteiger partial charge in [-0.1, -0.05) is 6.07 Å². The molecular weight excluding hydrogens is 376 g/mol. The van der Waals surface area contributed by atoms with Crippen LogP contribution in [0.2, 0.25) is 0 Å². The molecule has 0 bridgehead atoms. The zero-order valence-corrected chi connectivity index (χ0v) is 15.2. The van der Waals surface area contributed by atoms with E-state index in [0.29, 0.717) is 5.69 Å². The number of nitro groups is 1. The molecule has 0 heterocycles. The summed E-state index contributed by atoms with van der Waals surface area (Å²) in [6.07, 6.45) is -1.42. The maximum atomic E-state index is 13.6. The van der Waals surface area contributed by atoms with E-state index in [4.69, 9.17) is 4.74 Å². The van der Waals surface area contributed by atoms with E-state index in [9.17, 15) is 28.5 Å². The fourth-order valence-electron chi connectivity index (χ4n) is 2.31. The van der Waals surface area contributed by atoms with Crippen LogP contribution in [0.4, 0.5) is 25.8 Å². The Morgan fingerprint density at radius 1 is 1.18 bits per heavy atom. The van der Waals surface area contributed by atoms with Crippen LogP contribution in [0.1, 0.15) is 17.3 Å². The van der Waals surface area contributed by atoms with Gasteiger partial charge in [-0.2, -0.15) is 0 Å². The van der Waals surface area contributed by atoms with E-state index < -0.39 is 40.2 Å². The number of nitro benzene ring substituents is 1. The third-order valence-electron chi connectivity index (χ3n) is 3.76. The van der Waals surface area contributed by atoms with Crippen LogP contribution in [0.3, 0.4) is 0 Å². The molecule has 148 valence electrons. The summed E-state index contributed by atoms with van der Waals surface area (Å²) in [5.41, 5.74) is -0.790. The molecule has 28 heavy (non-hydrogen) atoms. The first-order chi connectivity index (χ1) is 13.1. The van der Waals surface area contributed by atoms with Crippen LogP contribution < -0.4 is 10.2 Å². The maximum absolute atomic E-state index is 13.6. The van der Waals surface area contributed by atoms with E-state index in [1.54, 1.807) is 19.0 Å². The molecule has 2 aromatic carbocycles. The van der Waals surface area contributed by atoms with Crippen molar-refractivity contribution < 1.29 is 28.0 Å². The molecule has 0 aromatic heterocycles. The van der Waals surface area contributed by atoms with Gasteiger partial charge in [-0.3, -0.25) is 14.9 Å². The van der Waals surface area contributed by atoms with Crippen molar-refractivity contribution in [2.24, 2.45) is 0 Å². The molecule has 1 N–H and O–H groups in total. The van der Waals surface area contributed by atoms with Gasteiger partial charge in [0.05, 0.1) is 16.2 Å². The number of non-ortho nitro benzene ring substituents is 1. The number of ether oxygens (including phenoxy) is 1. The summed E-state index contributed by atoms with van der Waals surface area (Å²) in [5, 5.41) is 13.0. The summed E-state index contributed by atoms with van der Waals surface area (Å²) in [4.78, 5) is 36.4. The van der Waals surface area contributed by atoms with Gasteiger partial charge >= 0.3 is 5.97 Å². The number of rotatable bonds is 6. The minimum Gasteiger partial charge on any atom is -0.449 e. The van der Waals surface area contributed by atoms with Gasteiger partial charge in [0.15, 0.2) is 6.10 Å². The number of para-hydroxylation sites is 1. The van der Waals surface area contributed by atoms with E-state index in [-0.39, 0.29) is 11.3 Å². The molecule has 0 spiro atoms. The lowest BCUT2D eigenvalue weighted by Crippen LogP contribution is -2.31. The van der Waals surface area contributed by atoms with Crippen LogP contribution in [-0.2, 0) is 9.53 Å². The third kappa shape index (κ3) is 4.58. The largest absolute Gasteiger partial charge is 0.449 e. The number of carbonyl (C=O) groups is 2. The van der Waals surface area contributed by atoms with E-state index in [0.717, 1.165) is 24.3 Å². The highest BCUT2D eigenvalue weighted by molar-refractivity contribution is 6.00. The molecule has 8 nitrogen and oxygen atoms in total. The Hall–Kier alpha value is -3.56. The number of hydrogen-bond donors (Lipinski definition) is 1. The molecule has 10 heteroatoms. The summed E-state index contributed by atoms with van der Waals surface area (Å²) < 4.78 is 32.3. The number of hydrogen-bond acceptors (Lipinski definition) is 6. The quantitative estimate of drug-likeness (QED) is 0.460. The fraction of sp³-hybridized carbons (Fsp3) is 0.222. The average molecular weight is 393 g/mol. The van der Waals surface area contributed by atoms with E-state index in [1.807, 2.05) is 5.32 Å². The number of nitrogens with zero attached hydrogens (tertiary/aromatic N) is 2. The van der Waals surface area contributed by atoms with E-state index in [1.165, 1.54) is 19.1 Å². The number of esters is 1. The number of amides is 1. The van der Waals surface area contributed by atoms with Crippen LogP contribution >= 0.6 is 0 Å². The Bertz CT molecular complexity index is 913. The van der Waals surface area contributed by atoms with Crippen LogP contribution in [0.15, 0.2) is 36.4 Å².